The van der Waals surface area contributed by atoms with Gasteiger partial charge >= 0.3 is 0 Å². The third-order valence-electron chi connectivity index (χ3n) is 7.29. The molecule has 1 heterocycles. The van der Waals surface area contributed by atoms with Gasteiger partial charge in [-0.25, -0.2) is 0 Å². The summed E-state index contributed by atoms with van der Waals surface area (Å²) in [5, 5.41) is 5.05. The van der Waals surface area contributed by atoms with Gasteiger partial charge in [-0.3, -0.25) is 9.59 Å². The van der Waals surface area contributed by atoms with Crippen LogP contribution in [0.25, 0.3) is 0 Å². The molecule has 1 amide bonds. The number of unbranched alkanes of at least 4 members (excludes halogenated alkanes) is 11. The number of aromatic nitrogens is 1. The number of rotatable bonds is 19. The zero-order valence-electron chi connectivity index (χ0n) is 24.7. The minimum Gasteiger partial charge on any atom is -0.493 e. The summed E-state index contributed by atoms with van der Waals surface area (Å²) < 4.78 is 8.14. The Bertz CT molecular complexity index is 1200. The molecule has 0 aliphatic rings. The number of anilines is 1. The minimum absolute atomic E-state index is 0.0778. The molecule has 0 spiro atoms. The molecule has 3 aromatic rings. The lowest BCUT2D eigenvalue weighted by Crippen LogP contribution is -2.34. The molecule has 40 heavy (non-hydrogen) atoms. The Morgan fingerprint density at radius 1 is 0.875 bits per heavy atom. The van der Waals surface area contributed by atoms with Crippen molar-refractivity contribution in [2.45, 2.75) is 104 Å². The zero-order valence-corrected chi connectivity index (χ0v) is 25.5. The van der Waals surface area contributed by atoms with Gasteiger partial charge < -0.3 is 10.1 Å². The topological polar surface area (TPSA) is 59.3 Å². The molecule has 0 unspecified atom stereocenters. The molecule has 5 nitrogen and oxygen atoms in total. The highest BCUT2D eigenvalue weighted by molar-refractivity contribution is 7.07. The zero-order chi connectivity index (χ0) is 28.6. The van der Waals surface area contributed by atoms with Crippen LogP contribution in [-0.2, 0) is 6.54 Å². The maximum atomic E-state index is 13.0. The maximum absolute atomic E-state index is 13.0. The second kappa shape index (κ2) is 17.6. The summed E-state index contributed by atoms with van der Waals surface area (Å²) in [4.78, 5) is 25.3. The molecular weight excluding hydrogens is 516 g/mol. The fourth-order valence-corrected chi connectivity index (χ4v) is 5.64. The Morgan fingerprint density at radius 2 is 1.55 bits per heavy atom. The molecule has 0 fully saturated rings. The molecule has 0 aliphatic carbocycles. The van der Waals surface area contributed by atoms with Gasteiger partial charge in [0.15, 0.2) is 18.0 Å². The molecule has 216 valence electrons. The number of hydrogen-bond acceptors (Lipinski definition) is 4. The van der Waals surface area contributed by atoms with Gasteiger partial charge in [0.1, 0.15) is 5.75 Å². The standard InChI is InChI=1S/C34H46N2O3S/c1-4-5-6-7-8-9-10-11-12-13-14-15-21-39-33-20-19-31(23-32(33)28(3)37)35-34(38)30-18-16-17-29(22-30)24-36-26-40-25-27(36)2/h16-20,22-23,25-26H,4-15,21,24H2,1-3H3/p+1. The minimum atomic E-state index is -0.200. The number of benzene rings is 2. The quantitative estimate of drug-likeness (QED) is 0.0900. The molecular formula is C34H47N2O3S+. The van der Waals surface area contributed by atoms with Crippen LogP contribution in [0.1, 0.15) is 123 Å². The number of aryl methyl sites for hydroxylation is 1. The number of nitrogens with zero attached hydrogens (tertiary/aromatic N) is 1. The van der Waals surface area contributed by atoms with E-state index in [2.05, 4.69) is 34.6 Å². The second-order valence-electron chi connectivity index (χ2n) is 10.8. The van der Waals surface area contributed by atoms with Crippen LogP contribution in [0.4, 0.5) is 5.69 Å². The SMILES string of the molecule is CCCCCCCCCCCCCCOc1ccc(NC(=O)c2cccc(C[n+]3cscc3C)c2)cc1C(C)=O. The Kier molecular flexibility index (Phi) is 13.9. The predicted molar refractivity (Wildman–Crippen MR) is 166 cm³/mol. The molecule has 3 rings (SSSR count). The highest BCUT2D eigenvalue weighted by Gasteiger charge is 2.14. The van der Waals surface area contributed by atoms with Crippen molar-refractivity contribution in [1.29, 1.82) is 0 Å². The van der Waals surface area contributed by atoms with E-state index < -0.39 is 0 Å². The van der Waals surface area contributed by atoms with E-state index in [-0.39, 0.29) is 11.7 Å². The van der Waals surface area contributed by atoms with Crippen LogP contribution in [0.2, 0.25) is 0 Å². The first-order chi connectivity index (χ1) is 19.5. The van der Waals surface area contributed by atoms with Crippen molar-refractivity contribution in [1.82, 2.24) is 0 Å². The number of amides is 1. The van der Waals surface area contributed by atoms with Gasteiger partial charge in [-0.2, -0.15) is 4.57 Å². The molecule has 0 atom stereocenters. The van der Waals surface area contributed by atoms with E-state index in [1.807, 2.05) is 24.3 Å². The van der Waals surface area contributed by atoms with Gasteiger partial charge in [0.2, 0.25) is 5.51 Å². The number of carbonyl (C=O) groups excluding carboxylic acids is 2. The summed E-state index contributed by atoms with van der Waals surface area (Å²) in [5.74, 6) is 0.304. The summed E-state index contributed by atoms with van der Waals surface area (Å²) in [5.41, 5.74) is 5.99. The third-order valence-corrected chi connectivity index (χ3v) is 8.15. The molecule has 0 radical (unpaired) electrons. The van der Waals surface area contributed by atoms with Crippen molar-refractivity contribution < 1.29 is 18.9 Å². The number of nitrogens with one attached hydrogen (secondary N) is 1. The first-order valence-corrected chi connectivity index (χ1v) is 16.0. The largest absolute Gasteiger partial charge is 0.493 e. The lowest BCUT2D eigenvalue weighted by molar-refractivity contribution is -0.689. The van der Waals surface area contributed by atoms with Gasteiger partial charge in [0.05, 0.1) is 17.6 Å². The van der Waals surface area contributed by atoms with Crippen LogP contribution >= 0.6 is 11.3 Å². The van der Waals surface area contributed by atoms with Crippen molar-refractivity contribution in [3.63, 3.8) is 0 Å². The van der Waals surface area contributed by atoms with Crippen LogP contribution in [0.3, 0.4) is 0 Å². The molecule has 0 bridgehead atoms. The molecule has 0 aliphatic heterocycles. The van der Waals surface area contributed by atoms with Crippen molar-refractivity contribution in [3.8, 4) is 5.75 Å². The monoisotopic (exact) mass is 563 g/mol. The van der Waals surface area contributed by atoms with Gasteiger partial charge in [0, 0.05) is 23.7 Å². The van der Waals surface area contributed by atoms with Gasteiger partial charge in [-0.1, -0.05) is 101 Å². The lowest BCUT2D eigenvalue weighted by atomic mass is 10.1. The number of carbonyl (C=O) groups is 2. The van der Waals surface area contributed by atoms with E-state index in [1.54, 1.807) is 29.5 Å². The second-order valence-corrected chi connectivity index (χ2v) is 11.5. The average molecular weight is 564 g/mol. The lowest BCUT2D eigenvalue weighted by Gasteiger charge is -2.13. The third kappa shape index (κ3) is 10.9. The number of thiazole rings is 1. The normalized spacial score (nSPS) is 11.0. The number of ether oxygens (including phenoxy) is 1. The van der Waals surface area contributed by atoms with Crippen molar-refractivity contribution >= 4 is 28.7 Å². The number of ketones is 1. The number of hydrogen-bond donors (Lipinski definition) is 1. The fraction of sp³-hybridized carbons (Fsp3) is 0.500. The van der Waals surface area contributed by atoms with Gasteiger partial charge in [-0.05, 0) is 43.7 Å². The first kappa shape index (κ1) is 31.5. The van der Waals surface area contributed by atoms with Crippen LogP contribution in [0.5, 0.6) is 5.75 Å². The van der Waals surface area contributed by atoms with Gasteiger partial charge in [-0.15, -0.1) is 0 Å². The Hall–Kier alpha value is -2.99. The Balaban J connectivity index is 1.41. The smallest absolute Gasteiger partial charge is 0.255 e. The highest BCUT2D eigenvalue weighted by atomic mass is 32.1. The number of Topliss-reactive ketones (excluding diaryl/α,β-unsaturated/α-hetero) is 1. The van der Waals surface area contributed by atoms with E-state index in [0.29, 0.717) is 29.2 Å². The van der Waals surface area contributed by atoms with Gasteiger partial charge in [0.25, 0.3) is 5.91 Å². The maximum Gasteiger partial charge on any atom is 0.255 e. The molecule has 2 aromatic carbocycles. The first-order valence-electron chi connectivity index (χ1n) is 15.1. The molecule has 1 aromatic heterocycles. The van der Waals surface area contributed by atoms with E-state index >= 15 is 0 Å². The Morgan fingerprint density at radius 3 is 2.17 bits per heavy atom. The van der Waals surface area contributed by atoms with E-state index in [0.717, 1.165) is 24.9 Å². The molecule has 0 saturated carbocycles. The van der Waals surface area contributed by atoms with Crippen molar-refractivity contribution in [2.24, 2.45) is 0 Å². The van der Waals surface area contributed by atoms with E-state index in [9.17, 15) is 9.59 Å². The summed E-state index contributed by atoms with van der Waals surface area (Å²) in [6, 6.07) is 13.0. The average Bonchev–Trinajstić information content (AvgIpc) is 3.35. The summed E-state index contributed by atoms with van der Waals surface area (Å²) in [6.45, 7) is 7.19. The van der Waals surface area contributed by atoms with E-state index in [1.165, 1.54) is 76.8 Å². The summed E-state index contributed by atoms with van der Waals surface area (Å²) in [7, 11) is 0. The highest BCUT2D eigenvalue weighted by Crippen LogP contribution is 2.25. The summed E-state index contributed by atoms with van der Waals surface area (Å²) in [6.07, 6.45) is 15.6. The molecule has 0 saturated heterocycles. The Labute approximate surface area is 245 Å². The van der Waals surface area contributed by atoms with E-state index in [4.69, 9.17) is 4.74 Å². The van der Waals surface area contributed by atoms with Crippen LogP contribution < -0.4 is 14.6 Å². The molecule has 6 heteroatoms. The fourth-order valence-electron chi connectivity index (χ4n) is 4.86. The van der Waals surface area contributed by atoms with Crippen LogP contribution in [-0.4, -0.2) is 18.3 Å². The van der Waals surface area contributed by atoms with Crippen molar-refractivity contribution in [2.75, 3.05) is 11.9 Å². The summed E-state index contributed by atoms with van der Waals surface area (Å²) >= 11 is 1.66. The van der Waals surface area contributed by atoms with Crippen LogP contribution in [0, 0.1) is 6.92 Å². The van der Waals surface area contributed by atoms with Crippen LogP contribution in [0.15, 0.2) is 53.4 Å². The van der Waals surface area contributed by atoms with Crippen molar-refractivity contribution in [3.05, 3.63) is 75.7 Å². The predicted octanol–water partition coefficient (Wildman–Crippen LogP) is 8.93. The molecule has 1 N–H and O–H groups in total.